The first-order valence-corrected chi connectivity index (χ1v) is 7.14. The third-order valence-electron chi connectivity index (χ3n) is 3.04. The second-order valence-electron chi connectivity index (χ2n) is 4.44. The van der Waals surface area contributed by atoms with Crippen molar-refractivity contribution in [1.82, 2.24) is 0 Å². The topological polar surface area (TPSA) is 38.7 Å². The Morgan fingerprint density at radius 2 is 1.90 bits per heavy atom. The van der Waals surface area contributed by atoms with E-state index in [1.165, 1.54) is 0 Å². The van der Waals surface area contributed by atoms with Crippen molar-refractivity contribution in [1.29, 1.82) is 0 Å². The minimum Gasteiger partial charge on any atom is -0.493 e. The van der Waals surface area contributed by atoms with Crippen LogP contribution >= 0.6 is 15.9 Å². The number of aliphatic hydroxyl groups is 1. The zero-order valence-electron chi connectivity index (χ0n) is 11.5. The molecule has 0 radical (unpaired) electrons. The van der Waals surface area contributed by atoms with Crippen LogP contribution in [0.2, 0.25) is 0 Å². The number of hydrogen-bond donors (Lipinski definition) is 1. The molecule has 1 unspecified atom stereocenters. The van der Waals surface area contributed by atoms with Crippen LogP contribution in [0.5, 0.6) is 11.5 Å². The van der Waals surface area contributed by atoms with Crippen molar-refractivity contribution in [2.75, 3.05) is 7.11 Å². The van der Waals surface area contributed by atoms with Gasteiger partial charge >= 0.3 is 0 Å². The lowest BCUT2D eigenvalue weighted by Gasteiger charge is -2.19. The fraction of sp³-hybridized carbons (Fsp3) is 0.250. The zero-order valence-corrected chi connectivity index (χ0v) is 13.1. The molecule has 0 aliphatic rings. The van der Waals surface area contributed by atoms with E-state index in [4.69, 9.17) is 9.47 Å². The van der Waals surface area contributed by atoms with E-state index in [1.807, 2.05) is 43.3 Å². The summed E-state index contributed by atoms with van der Waals surface area (Å²) in [5, 5.41) is 9.22. The lowest BCUT2D eigenvalue weighted by molar-refractivity contribution is 0.213. The van der Waals surface area contributed by atoms with Crippen molar-refractivity contribution < 1.29 is 14.6 Å². The highest BCUT2D eigenvalue weighted by Crippen LogP contribution is 2.39. The number of ether oxygens (including phenoxy) is 2. The molecule has 20 heavy (non-hydrogen) atoms. The highest BCUT2D eigenvalue weighted by molar-refractivity contribution is 9.10. The lowest BCUT2D eigenvalue weighted by Crippen LogP contribution is -2.05. The van der Waals surface area contributed by atoms with Gasteiger partial charge in [0.05, 0.1) is 18.2 Å². The monoisotopic (exact) mass is 336 g/mol. The molecule has 106 valence electrons. The van der Waals surface area contributed by atoms with Crippen LogP contribution in [0, 0.1) is 0 Å². The molecule has 0 heterocycles. The number of benzene rings is 2. The molecule has 0 spiro atoms. The van der Waals surface area contributed by atoms with Crippen molar-refractivity contribution in [3.63, 3.8) is 0 Å². The Morgan fingerprint density at radius 1 is 1.20 bits per heavy atom. The zero-order chi connectivity index (χ0) is 14.5. The molecule has 0 bridgehead atoms. The molecule has 0 aliphatic carbocycles. The average Bonchev–Trinajstić information content (AvgIpc) is 2.49. The van der Waals surface area contributed by atoms with Crippen molar-refractivity contribution in [2.24, 2.45) is 0 Å². The highest BCUT2D eigenvalue weighted by atomic mass is 79.9. The summed E-state index contributed by atoms with van der Waals surface area (Å²) >= 11 is 3.46. The van der Waals surface area contributed by atoms with Gasteiger partial charge in [-0.3, -0.25) is 0 Å². The minimum atomic E-state index is -0.0959. The highest BCUT2D eigenvalue weighted by Gasteiger charge is 2.15. The van der Waals surface area contributed by atoms with Crippen LogP contribution in [-0.2, 0) is 6.61 Å². The van der Waals surface area contributed by atoms with Gasteiger partial charge in [-0.05, 0) is 46.1 Å². The Hall–Kier alpha value is -1.52. The van der Waals surface area contributed by atoms with E-state index >= 15 is 0 Å². The Balaban J connectivity index is 2.29. The molecule has 0 aliphatic heterocycles. The van der Waals surface area contributed by atoms with Crippen LogP contribution in [0.4, 0.5) is 0 Å². The van der Waals surface area contributed by atoms with E-state index < -0.39 is 0 Å². The van der Waals surface area contributed by atoms with Crippen LogP contribution in [0.25, 0.3) is 0 Å². The molecular formula is C16H17BrO3. The van der Waals surface area contributed by atoms with Gasteiger partial charge in [-0.2, -0.15) is 0 Å². The third kappa shape index (κ3) is 3.32. The molecule has 4 heteroatoms. The number of halogens is 1. The number of rotatable bonds is 5. The van der Waals surface area contributed by atoms with Crippen molar-refractivity contribution in [2.45, 2.75) is 19.6 Å². The first kappa shape index (κ1) is 14.9. The van der Waals surface area contributed by atoms with E-state index in [9.17, 15) is 5.11 Å². The van der Waals surface area contributed by atoms with Crippen LogP contribution < -0.4 is 9.47 Å². The molecule has 0 amide bonds. The Labute approximate surface area is 127 Å². The first-order chi connectivity index (χ1) is 9.65. The van der Waals surface area contributed by atoms with Gasteiger partial charge in [-0.15, -0.1) is 0 Å². The van der Waals surface area contributed by atoms with Crippen LogP contribution in [-0.4, -0.2) is 12.2 Å². The van der Waals surface area contributed by atoms with Crippen LogP contribution in [0.3, 0.4) is 0 Å². The van der Waals surface area contributed by atoms with Crippen molar-refractivity contribution in [3.05, 3.63) is 58.1 Å². The van der Waals surface area contributed by atoms with Gasteiger partial charge in [0, 0.05) is 0 Å². The molecule has 0 saturated heterocycles. The quantitative estimate of drug-likeness (QED) is 0.893. The van der Waals surface area contributed by atoms with Gasteiger partial charge in [0.1, 0.15) is 6.10 Å². The van der Waals surface area contributed by atoms with E-state index in [0.717, 1.165) is 15.6 Å². The Kier molecular flexibility index (Phi) is 5.04. The summed E-state index contributed by atoms with van der Waals surface area (Å²) in [5.41, 5.74) is 1.86. The summed E-state index contributed by atoms with van der Waals surface area (Å²) in [6, 6.07) is 13.6. The fourth-order valence-corrected chi connectivity index (χ4v) is 2.53. The van der Waals surface area contributed by atoms with E-state index in [-0.39, 0.29) is 12.7 Å². The maximum absolute atomic E-state index is 9.22. The van der Waals surface area contributed by atoms with E-state index in [1.54, 1.807) is 13.2 Å². The number of aliphatic hydroxyl groups excluding tert-OH is 1. The summed E-state index contributed by atoms with van der Waals surface area (Å²) in [5.74, 6) is 1.24. The van der Waals surface area contributed by atoms with Crippen molar-refractivity contribution >= 4 is 15.9 Å². The summed E-state index contributed by atoms with van der Waals surface area (Å²) in [6.45, 7) is 1.95. The maximum atomic E-state index is 9.22. The molecule has 0 saturated carbocycles. The predicted octanol–water partition coefficient (Wildman–Crippen LogP) is 4.09. The van der Waals surface area contributed by atoms with Crippen LogP contribution in [0.15, 0.2) is 46.9 Å². The standard InChI is InChI=1S/C16H17BrO3/c1-11(13-6-4-3-5-7-13)20-16-14(17)8-12(10-18)9-15(16)19-2/h3-9,11,18H,10H2,1-2H3. The molecule has 2 aromatic rings. The first-order valence-electron chi connectivity index (χ1n) is 6.34. The number of methoxy groups -OCH3 is 1. The molecule has 1 N–H and O–H groups in total. The number of hydrogen-bond acceptors (Lipinski definition) is 3. The predicted molar refractivity (Wildman–Crippen MR) is 82.1 cm³/mol. The average molecular weight is 337 g/mol. The van der Waals surface area contributed by atoms with Crippen LogP contribution in [0.1, 0.15) is 24.2 Å². The van der Waals surface area contributed by atoms with E-state index in [2.05, 4.69) is 15.9 Å². The lowest BCUT2D eigenvalue weighted by atomic mass is 10.1. The van der Waals surface area contributed by atoms with Gasteiger partial charge in [0.25, 0.3) is 0 Å². The smallest absolute Gasteiger partial charge is 0.176 e. The van der Waals surface area contributed by atoms with Gasteiger partial charge in [-0.1, -0.05) is 30.3 Å². The Morgan fingerprint density at radius 3 is 2.50 bits per heavy atom. The summed E-state index contributed by atoms with van der Waals surface area (Å²) < 4.78 is 12.1. The van der Waals surface area contributed by atoms with Gasteiger partial charge in [0.15, 0.2) is 11.5 Å². The summed E-state index contributed by atoms with van der Waals surface area (Å²) in [6.07, 6.45) is -0.0959. The second-order valence-corrected chi connectivity index (χ2v) is 5.29. The summed E-state index contributed by atoms with van der Waals surface area (Å²) in [7, 11) is 1.59. The second kappa shape index (κ2) is 6.77. The van der Waals surface area contributed by atoms with Gasteiger partial charge < -0.3 is 14.6 Å². The molecule has 0 fully saturated rings. The minimum absolute atomic E-state index is 0.0382. The Bertz CT molecular complexity index is 569. The summed E-state index contributed by atoms with van der Waals surface area (Å²) in [4.78, 5) is 0. The molecule has 2 aromatic carbocycles. The molecule has 3 nitrogen and oxygen atoms in total. The maximum Gasteiger partial charge on any atom is 0.176 e. The normalized spacial score (nSPS) is 12.0. The SMILES string of the molecule is COc1cc(CO)cc(Br)c1OC(C)c1ccccc1. The van der Waals surface area contributed by atoms with Gasteiger partial charge in [0.2, 0.25) is 0 Å². The molecule has 2 rings (SSSR count). The van der Waals surface area contributed by atoms with Crippen molar-refractivity contribution in [3.8, 4) is 11.5 Å². The van der Waals surface area contributed by atoms with E-state index in [0.29, 0.717) is 11.5 Å². The fourth-order valence-electron chi connectivity index (χ4n) is 1.95. The molecule has 1 atom stereocenters. The molecular weight excluding hydrogens is 320 g/mol. The largest absolute Gasteiger partial charge is 0.493 e. The molecule has 0 aromatic heterocycles. The third-order valence-corrected chi connectivity index (χ3v) is 3.62. The van der Waals surface area contributed by atoms with Gasteiger partial charge in [-0.25, -0.2) is 0 Å².